The monoisotopic (exact) mass is 538 g/mol. The zero-order valence-corrected chi connectivity index (χ0v) is 19.8. The molecule has 2 unspecified atom stereocenters. The molecule has 3 aromatic carbocycles. The lowest BCUT2D eigenvalue weighted by atomic mass is 10.0. The zero-order valence-electron chi connectivity index (χ0n) is 16.6. The fraction of sp³-hybridized carbons (Fsp3) is 0.136. The number of rotatable bonds is 0. The van der Waals surface area contributed by atoms with Gasteiger partial charge < -0.3 is 15.2 Å². The maximum absolute atomic E-state index is 14.7. The quantitative estimate of drug-likeness (QED) is 0.364. The number of halogens is 3. The second-order valence-corrected chi connectivity index (χ2v) is 9.57. The summed E-state index contributed by atoms with van der Waals surface area (Å²) in [5.74, 6) is -1.01. The minimum atomic E-state index is -2.09. The van der Waals surface area contributed by atoms with E-state index in [1.807, 2.05) is 0 Å². The van der Waals surface area contributed by atoms with Gasteiger partial charge in [0.25, 0.3) is 5.91 Å². The molecule has 0 saturated carbocycles. The highest BCUT2D eigenvalue weighted by atomic mass is 79.9. The number of ether oxygens (including phenoxy) is 1. The summed E-state index contributed by atoms with van der Waals surface area (Å²) < 4.78 is 36.4. The number of fused-ring (bicyclic) bond motifs is 6. The third kappa shape index (κ3) is 4.46. The van der Waals surface area contributed by atoms with E-state index < -0.39 is 28.8 Å². The van der Waals surface area contributed by atoms with Crippen molar-refractivity contribution in [1.82, 2.24) is 5.32 Å². The highest BCUT2D eigenvalue weighted by Gasteiger charge is 2.22. The topological polar surface area (TPSA) is 87.7 Å². The van der Waals surface area contributed by atoms with Gasteiger partial charge in [0.1, 0.15) is 28.3 Å². The summed E-state index contributed by atoms with van der Waals surface area (Å²) in [4.78, 5) is 12.6. The number of phenolic OH excluding ortho intramolecular Hbond substituents is 1. The second kappa shape index (κ2) is 9.09. The molecule has 4 bridgehead atoms. The molecule has 1 heterocycles. The number of amides is 1. The molecule has 2 atom stereocenters. The van der Waals surface area contributed by atoms with E-state index >= 15 is 0 Å². The van der Waals surface area contributed by atoms with Gasteiger partial charge in [-0.3, -0.25) is 9.52 Å². The Morgan fingerprint density at radius 2 is 1.97 bits per heavy atom. The van der Waals surface area contributed by atoms with Crippen LogP contribution in [-0.4, -0.2) is 27.9 Å². The van der Waals surface area contributed by atoms with Crippen molar-refractivity contribution in [3.63, 3.8) is 0 Å². The number of hydrogen-bond donors (Lipinski definition) is 3. The van der Waals surface area contributed by atoms with E-state index in [9.17, 15) is 18.5 Å². The first kappa shape index (κ1) is 22.6. The summed E-state index contributed by atoms with van der Waals surface area (Å²) in [6.07, 6.45) is -0.406. The number of benzene rings is 3. The van der Waals surface area contributed by atoms with Crippen molar-refractivity contribution in [3.05, 3.63) is 69.4 Å². The predicted octanol–water partition coefficient (Wildman–Crippen LogP) is 5.26. The van der Waals surface area contributed by atoms with Crippen LogP contribution < -0.4 is 14.8 Å². The Morgan fingerprint density at radius 3 is 2.75 bits per heavy atom. The van der Waals surface area contributed by atoms with Gasteiger partial charge in [0.2, 0.25) is 0 Å². The standard InChI is InChI=1S/C22H17BrClFN2O4S/c1-11-10-26-22(29)12-6-15(23)21(28)20(7-12)32(30)27-18-8-14(16(24)9-17(18)25)13-4-2-3-5-19(13)31-11/h2-9,11,27-28H,10H2,1H3,(H,26,29). The molecule has 0 fully saturated rings. The molecular formula is C22H17BrClFN2O4S. The highest BCUT2D eigenvalue weighted by Crippen LogP contribution is 2.39. The van der Waals surface area contributed by atoms with Gasteiger partial charge in [-0.25, -0.2) is 8.60 Å². The van der Waals surface area contributed by atoms with Crippen LogP contribution in [0.25, 0.3) is 11.1 Å². The fourth-order valence-electron chi connectivity index (χ4n) is 3.22. The Kier molecular flexibility index (Phi) is 6.41. The second-order valence-electron chi connectivity index (χ2n) is 7.12. The Balaban J connectivity index is 1.90. The summed E-state index contributed by atoms with van der Waals surface area (Å²) in [7, 11) is -2.09. The van der Waals surface area contributed by atoms with Gasteiger partial charge >= 0.3 is 0 Å². The van der Waals surface area contributed by atoms with Gasteiger partial charge in [0.05, 0.1) is 21.7 Å². The Hall–Kier alpha value is -2.62. The maximum atomic E-state index is 14.7. The van der Waals surface area contributed by atoms with Crippen LogP contribution in [0.1, 0.15) is 17.3 Å². The molecule has 0 spiro atoms. The molecule has 0 aliphatic carbocycles. The molecular weight excluding hydrogens is 523 g/mol. The van der Waals surface area contributed by atoms with E-state index in [0.29, 0.717) is 16.9 Å². The zero-order chi connectivity index (χ0) is 23.0. The van der Waals surface area contributed by atoms with Crippen LogP contribution in [0.5, 0.6) is 11.5 Å². The third-order valence-electron chi connectivity index (χ3n) is 4.81. The predicted molar refractivity (Wildman–Crippen MR) is 125 cm³/mol. The number of anilines is 1. The van der Waals surface area contributed by atoms with E-state index in [1.54, 1.807) is 31.2 Å². The van der Waals surface area contributed by atoms with Gasteiger partial charge in [-0.05, 0) is 53.2 Å². The first-order valence-electron chi connectivity index (χ1n) is 9.49. The molecule has 0 radical (unpaired) electrons. The molecule has 0 aromatic heterocycles. The van der Waals surface area contributed by atoms with Crippen LogP contribution in [0.2, 0.25) is 5.02 Å². The minimum Gasteiger partial charge on any atom is -0.505 e. The van der Waals surface area contributed by atoms with Crippen LogP contribution in [-0.2, 0) is 11.0 Å². The van der Waals surface area contributed by atoms with Gasteiger partial charge in [-0.2, -0.15) is 0 Å². The van der Waals surface area contributed by atoms with Gasteiger partial charge in [0.15, 0.2) is 11.0 Å². The highest BCUT2D eigenvalue weighted by molar-refractivity contribution is 9.10. The van der Waals surface area contributed by atoms with Crippen molar-refractivity contribution in [2.45, 2.75) is 17.9 Å². The lowest BCUT2D eigenvalue weighted by Gasteiger charge is -2.19. The van der Waals surface area contributed by atoms with Crippen molar-refractivity contribution in [2.24, 2.45) is 0 Å². The van der Waals surface area contributed by atoms with E-state index in [1.165, 1.54) is 18.2 Å². The molecule has 166 valence electrons. The van der Waals surface area contributed by atoms with Gasteiger partial charge in [-0.1, -0.05) is 29.8 Å². The Morgan fingerprint density at radius 1 is 1.22 bits per heavy atom. The van der Waals surface area contributed by atoms with Gasteiger partial charge in [-0.15, -0.1) is 0 Å². The van der Waals surface area contributed by atoms with Gasteiger partial charge in [0, 0.05) is 16.7 Å². The van der Waals surface area contributed by atoms with Crippen LogP contribution in [0, 0.1) is 5.82 Å². The van der Waals surface area contributed by atoms with Crippen LogP contribution in [0.3, 0.4) is 0 Å². The number of carbonyl (C=O) groups excluding carboxylic acids is 1. The maximum Gasteiger partial charge on any atom is 0.251 e. The molecule has 1 aliphatic rings. The molecule has 0 saturated heterocycles. The molecule has 3 N–H and O–H groups in total. The number of nitrogens with one attached hydrogen (secondary N) is 2. The van der Waals surface area contributed by atoms with E-state index in [0.717, 1.165) is 6.07 Å². The third-order valence-corrected chi connectivity index (χ3v) is 6.84. The SMILES string of the molecule is CC1CNC(=O)c2cc(Br)c(O)c(c2)S(=O)Nc2cc(c(Cl)cc2F)-c2ccccc2O1. The van der Waals surface area contributed by atoms with Crippen molar-refractivity contribution in [3.8, 4) is 22.6 Å². The van der Waals surface area contributed by atoms with E-state index in [4.69, 9.17) is 16.3 Å². The average Bonchev–Trinajstić information content (AvgIpc) is 2.75. The average molecular weight is 540 g/mol. The lowest BCUT2D eigenvalue weighted by molar-refractivity contribution is 0.0932. The molecule has 1 aliphatic heterocycles. The first-order chi connectivity index (χ1) is 15.2. The summed E-state index contributed by atoms with van der Waals surface area (Å²) >= 11 is 9.50. The van der Waals surface area contributed by atoms with Crippen molar-refractivity contribution in [2.75, 3.05) is 11.3 Å². The molecule has 1 amide bonds. The Bertz CT molecular complexity index is 1260. The number of hydrogen-bond acceptors (Lipinski definition) is 4. The number of phenols is 1. The van der Waals surface area contributed by atoms with Crippen LogP contribution >= 0.6 is 27.5 Å². The number of para-hydroxylation sites is 1. The van der Waals surface area contributed by atoms with E-state index in [2.05, 4.69) is 26.0 Å². The Labute approximate surface area is 199 Å². The van der Waals surface area contributed by atoms with Crippen molar-refractivity contribution >= 4 is 50.1 Å². The summed E-state index contributed by atoms with van der Waals surface area (Å²) in [5, 5.41) is 13.3. The normalized spacial score (nSPS) is 18.3. The molecule has 32 heavy (non-hydrogen) atoms. The van der Waals surface area contributed by atoms with Crippen molar-refractivity contribution < 1.29 is 23.2 Å². The van der Waals surface area contributed by atoms with Crippen molar-refractivity contribution in [1.29, 1.82) is 0 Å². The molecule has 4 rings (SSSR count). The molecule has 6 nitrogen and oxygen atoms in total. The smallest absolute Gasteiger partial charge is 0.251 e. The molecule has 3 aromatic rings. The number of aromatic hydroxyl groups is 1. The minimum absolute atomic E-state index is 0.0833. The van der Waals surface area contributed by atoms with Crippen LogP contribution in [0.15, 0.2) is 57.9 Å². The summed E-state index contributed by atoms with van der Waals surface area (Å²) in [6, 6.07) is 12.3. The first-order valence-corrected chi connectivity index (χ1v) is 11.8. The summed E-state index contributed by atoms with van der Waals surface area (Å²) in [6.45, 7) is 1.98. The van der Waals surface area contributed by atoms with Crippen LogP contribution in [0.4, 0.5) is 10.1 Å². The van der Waals surface area contributed by atoms with E-state index in [-0.39, 0.29) is 37.9 Å². The fourth-order valence-corrected chi connectivity index (χ4v) is 5.05. The largest absolute Gasteiger partial charge is 0.505 e. The summed E-state index contributed by atoms with van der Waals surface area (Å²) in [5.41, 5.74) is 1.14. The molecule has 10 heteroatoms. The lowest BCUT2D eigenvalue weighted by Crippen LogP contribution is -2.33. The number of carbonyl (C=O) groups is 1.